The van der Waals surface area contributed by atoms with Gasteiger partial charge in [0.1, 0.15) is 6.54 Å². The van der Waals surface area contributed by atoms with Gasteiger partial charge in [-0.3, -0.25) is 14.5 Å². The monoisotopic (exact) mass is 492 g/mol. The number of hydrogen-bond acceptors (Lipinski definition) is 4. The third kappa shape index (κ3) is 4.48. The smallest absolute Gasteiger partial charge is 0.322 e. The second-order valence-corrected chi connectivity index (χ2v) is 9.37. The lowest BCUT2D eigenvalue weighted by Gasteiger charge is -2.33. The van der Waals surface area contributed by atoms with E-state index in [1.165, 1.54) is 14.7 Å². The summed E-state index contributed by atoms with van der Waals surface area (Å²) in [6.45, 7) is 2.85. The zero-order chi connectivity index (χ0) is 22.8. The van der Waals surface area contributed by atoms with E-state index in [9.17, 15) is 14.4 Å². The van der Waals surface area contributed by atoms with Crippen LogP contribution < -0.4 is 10.6 Å². The lowest BCUT2D eigenvalue weighted by atomic mass is 9.95. The quantitative estimate of drug-likeness (QED) is 0.619. The van der Waals surface area contributed by atoms with Crippen LogP contribution in [0.5, 0.6) is 0 Å². The summed E-state index contributed by atoms with van der Waals surface area (Å²) < 4.78 is 0. The van der Waals surface area contributed by atoms with Crippen molar-refractivity contribution >= 4 is 52.4 Å². The number of amides is 4. The average Bonchev–Trinajstić information content (AvgIpc) is 3.36. The fourth-order valence-corrected chi connectivity index (χ4v) is 5.22. The Morgan fingerprint density at radius 1 is 1.28 bits per heavy atom. The molecule has 0 spiro atoms. The Morgan fingerprint density at radius 3 is 2.78 bits per heavy atom. The van der Waals surface area contributed by atoms with Gasteiger partial charge in [0.15, 0.2) is 0 Å². The molecule has 0 aliphatic carbocycles. The van der Waals surface area contributed by atoms with Crippen molar-refractivity contribution in [1.29, 1.82) is 0 Å². The maximum absolute atomic E-state index is 13.3. The topological polar surface area (TPSA) is 81.8 Å². The molecule has 2 N–H and O–H groups in total. The van der Waals surface area contributed by atoms with E-state index in [4.69, 9.17) is 23.2 Å². The molecule has 10 heteroatoms. The molecule has 1 aromatic heterocycles. The molecule has 4 rings (SSSR count). The van der Waals surface area contributed by atoms with Crippen molar-refractivity contribution in [1.82, 2.24) is 20.4 Å². The molecule has 1 atom stereocenters. The zero-order valence-electron chi connectivity index (χ0n) is 17.4. The highest BCUT2D eigenvalue weighted by atomic mass is 35.5. The Morgan fingerprint density at radius 2 is 2.09 bits per heavy atom. The Kier molecular flexibility index (Phi) is 6.74. The van der Waals surface area contributed by atoms with Gasteiger partial charge in [-0.1, -0.05) is 35.3 Å². The first-order valence-electron chi connectivity index (χ1n) is 10.2. The predicted octanol–water partition coefficient (Wildman–Crippen LogP) is 3.60. The number of thiophene rings is 1. The molecule has 7 nitrogen and oxygen atoms in total. The predicted molar refractivity (Wildman–Crippen MR) is 125 cm³/mol. The van der Waals surface area contributed by atoms with Gasteiger partial charge in [0.2, 0.25) is 5.91 Å². The number of hydrogen-bond donors (Lipinski definition) is 2. The van der Waals surface area contributed by atoms with E-state index >= 15 is 0 Å². The van der Waals surface area contributed by atoms with Gasteiger partial charge in [-0.25, -0.2) is 4.79 Å². The maximum Gasteiger partial charge on any atom is 0.322 e. The van der Waals surface area contributed by atoms with E-state index in [2.05, 4.69) is 10.6 Å². The molecular weight excluding hydrogens is 471 g/mol. The highest BCUT2D eigenvalue weighted by molar-refractivity contribution is 7.09. The Bertz CT molecular complexity index is 1090. The summed E-state index contributed by atoms with van der Waals surface area (Å²) in [4.78, 5) is 42.7. The van der Waals surface area contributed by atoms with Crippen molar-refractivity contribution in [2.24, 2.45) is 0 Å². The van der Waals surface area contributed by atoms with Gasteiger partial charge in [0.25, 0.3) is 5.91 Å². The Balaban J connectivity index is 1.51. The molecule has 0 radical (unpaired) electrons. The fraction of sp³-hybridized carbons (Fsp3) is 0.318. The second kappa shape index (κ2) is 9.52. The molecule has 2 aromatic rings. The SMILES string of the molecule is CCN1C(=O)N[C@@H](c2ccc(Cl)cc2Cl)C2=C1CN(CC(=O)NCCc1cccs1)C2=O. The summed E-state index contributed by atoms with van der Waals surface area (Å²) in [5.74, 6) is -0.527. The van der Waals surface area contributed by atoms with Crippen LogP contribution in [-0.2, 0) is 16.0 Å². The van der Waals surface area contributed by atoms with E-state index in [0.717, 1.165) is 6.42 Å². The second-order valence-electron chi connectivity index (χ2n) is 7.49. The van der Waals surface area contributed by atoms with Crippen LogP contribution in [0.15, 0.2) is 47.0 Å². The minimum atomic E-state index is -0.704. The van der Waals surface area contributed by atoms with Crippen LogP contribution in [0.1, 0.15) is 23.4 Å². The number of likely N-dealkylation sites (N-methyl/N-ethyl adjacent to an activating group) is 1. The number of nitrogens with one attached hydrogen (secondary N) is 2. The molecule has 0 saturated heterocycles. The first-order chi connectivity index (χ1) is 15.4. The first kappa shape index (κ1) is 22.6. The third-order valence-corrected chi connectivity index (χ3v) is 6.99. The molecule has 4 amide bonds. The molecule has 1 aromatic carbocycles. The Labute approximate surface area is 200 Å². The van der Waals surface area contributed by atoms with Crippen molar-refractivity contribution in [3.63, 3.8) is 0 Å². The molecule has 168 valence electrons. The van der Waals surface area contributed by atoms with Crippen LogP contribution in [-0.4, -0.2) is 53.8 Å². The molecule has 0 saturated carbocycles. The van der Waals surface area contributed by atoms with Crippen LogP contribution in [0.3, 0.4) is 0 Å². The number of benzene rings is 1. The van der Waals surface area contributed by atoms with Gasteiger partial charge in [-0.2, -0.15) is 0 Å². The van der Waals surface area contributed by atoms with E-state index < -0.39 is 6.04 Å². The molecule has 2 aliphatic rings. The number of carbonyl (C=O) groups is 3. The van der Waals surface area contributed by atoms with E-state index in [-0.39, 0.29) is 30.9 Å². The van der Waals surface area contributed by atoms with Crippen molar-refractivity contribution in [3.05, 3.63) is 67.5 Å². The largest absolute Gasteiger partial charge is 0.354 e. The minimum Gasteiger partial charge on any atom is -0.354 e. The molecular formula is C22H22Cl2N4O3S. The number of rotatable bonds is 7. The Hall–Kier alpha value is -2.55. The number of urea groups is 1. The van der Waals surface area contributed by atoms with Gasteiger partial charge < -0.3 is 15.5 Å². The lowest BCUT2D eigenvalue weighted by molar-refractivity contribution is -0.131. The molecule has 3 heterocycles. The summed E-state index contributed by atoms with van der Waals surface area (Å²) in [6, 6.07) is 7.93. The van der Waals surface area contributed by atoms with E-state index in [0.29, 0.717) is 40.0 Å². The van der Waals surface area contributed by atoms with Crippen LogP contribution >= 0.6 is 34.5 Å². The normalized spacial score (nSPS) is 18.2. The molecule has 0 bridgehead atoms. The fourth-order valence-electron chi connectivity index (χ4n) is 3.99. The minimum absolute atomic E-state index is 0.0803. The number of carbonyl (C=O) groups excluding carboxylic acids is 3. The van der Waals surface area contributed by atoms with Gasteiger partial charge in [0, 0.05) is 28.0 Å². The van der Waals surface area contributed by atoms with Crippen LogP contribution in [0, 0.1) is 0 Å². The first-order valence-corrected chi connectivity index (χ1v) is 11.9. The van der Waals surface area contributed by atoms with Gasteiger partial charge in [0.05, 0.1) is 23.9 Å². The molecule has 32 heavy (non-hydrogen) atoms. The van der Waals surface area contributed by atoms with Crippen molar-refractivity contribution in [2.75, 3.05) is 26.2 Å². The summed E-state index contributed by atoms with van der Waals surface area (Å²) in [5.41, 5.74) is 1.62. The lowest BCUT2D eigenvalue weighted by Crippen LogP contribution is -2.47. The summed E-state index contributed by atoms with van der Waals surface area (Å²) in [5, 5.41) is 8.55. The van der Waals surface area contributed by atoms with Crippen molar-refractivity contribution in [2.45, 2.75) is 19.4 Å². The average molecular weight is 493 g/mol. The zero-order valence-corrected chi connectivity index (χ0v) is 19.7. The van der Waals surface area contributed by atoms with Crippen molar-refractivity contribution in [3.8, 4) is 0 Å². The van der Waals surface area contributed by atoms with Gasteiger partial charge in [-0.15, -0.1) is 11.3 Å². The van der Waals surface area contributed by atoms with Crippen LogP contribution in [0.4, 0.5) is 4.79 Å². The van der Waals surface area contributed by atoms with E-state index in [1.807, 2.05) is 24.4 Å². The maximum atomic E-state index is 13.3. The van der Waals surface area contributed by atoms with Crippen molar-refractivity contribution < 1.29 is 14.4 Å². The van der Waals surface area contributed by atoms with Crippen LogP contribution in [0.2, 0.25) is 10.0 Å². The van der Waals surface area contributed by atoms with Gasteiger partial charge in [-0.05, 0) is 42.5 Å². The third-order valence-electron chi connectivity index (χ3n) is 5.49. The molecule has 0 unspecified atom stereocenters. The molecule has 2 aliphatic heterocycles. The number of halogens is 2. The van der Waals surface area contributed by atoms with E-state index in [1.54, 1.807) is 29.5 Å². The summed E-state index contributed by atoms with van der Waals surface area (Å²) >= 11 is 14.0. The number of nitrogens with zero attached hydrogens (tertiary/aromatic N) is 2. The molecule has 0 fully saturated rings. The summed E-state index contributed by atoms with van der Waals surface area (Å²) in [7, 11) is 0. The standard InChI is InChI=1S/C22H22Cl2N4O3S/c1-2-28-17-11-27(12-18(29)25-8-7-14-4-3-9-32-14)21(30)19(17)20(26-22(28)31)15-6-5-13(23)10-16(15)24/h3-6,9-10,20H,2,7-8,11-12H2,1H3,(H,25,29)(H,26,31)/t20-/m0/s1. The van der Waals surface area contributed by atoms with Crippen LogP contribution in [0.25, 0.3) is 0 Å². The highest BCUT2D eigenvalue weighted by Crippen LogP contribution is 2.39. The summed E-state index contributed by atoms with van der Waals surface area (Å²) in [6.07, 6.45) is 0.741. The highest BCUT2D eigenvalue weighted by Gasteiger charge is 2.44. The van der Waals surface area contributed by atoms with Gasteiger partial charge >= 0.3 is 6.03 Å².